The fraction of sp³-hybridized carbons (Fsp3) is 0.429. The van der Waals surface area contributed by atoms with Crippen LogP contribution in [0.25, 0.3) is 0 Å². The molecule has 0 radical (unpaired) electrons. The fourth-order valence-electron chi connectivity index (χ4n) is 0.783. The van der Waals surface area contributed by atoms with Crippen molar-refractivity contribution in [3.63, 3.8) is 0 Å². The van der Waals surface area contributed by atoms with Crippen molar-refractivity contribution in [1.29, 1.82) is 0 Å². The number of carbonyl (C=O) groups excluding carboxylic acids is 2. The van der Waals surface area contributed by atoms with Gasteiger partial charge in [0.1, 0.15) is 0 Å². The molecule has 1 rings (SSSR count). The summed E-state index contributed by atoms with van der Waals surface area (Å²) < 4.78 is 4.62. The van der Waals surface area contributed by atoms with E-state index in [1.165, 1.54) is 0 Å². The SMILES string of the molecule is CCOC(=O)C1C=NC(Cl)=NC1=O. The molecule has 1 amide bonds. The van der Waals surface area contributed by atoms with Crippen molar-refractivity contribution in [2.75, 3.05) is 6.61 Å². The molecule has 1 aliphatic heterocycles. The molecule has 13 heavy (non-hydrogen) atoms. The highest BCUT2D eigenvalue weighted by atomic mass is 35.5. The van der Waals surface area contributed by atoms with Crippen molar-refractivity contribution in [3.05, 3.63) is 0 Å². The highest BCUT2D eigenvalue weighted by Gasteiger charge is 2.28. The number of nitrogens with zero attached hydrogens (tertiary/aromatic N) is 2. The number of amidine groups is 1. The van der Waals surface area contributed by atoms with Crippen LogP contribution in [-0.2, 0) is 14.3 Å². The van der Waals surface area contributed by atoms with Crippen molar-refractivity contribution in [2.45, 2.75) is 6.92 Å². The summed E-state index contributed by atoms with van der Waals surface area (Å²) in [4.78, 5) is 29.0. The van der Waals surface area contributed by atoms with Gasteiger partial charge in [-0.1, -0.05) is 0 Å². The summed E-state index contributed by atoms with van der Waals surface area (Å²) in [6.07, 6.45) is 1.13. The van der Waals surface area contributed by atoms with Crippen LogP contribution in [0.3, 0.4) is 0 Å². The highest BCUT2D eigenvalue weighted by molar-refractivity contribution is 6.66. The lowest BCUT2D eigenvalue weighted by molar-refractivity contribution is -0.148. The maximum absolute atomic E-state index is 11.1. The van der Waals surface area contributed by atoms with Gasteiger partial charge in [-0.15, -0.1) is 0 Å². The van der Waals surface area contributed by atoms with Crippen LogP contribution in [0.1, 0.15) is 6.92 Å². The maximum atomic E-state index is 11.1. The van der Waals surface area contributed by atoms with Crippen LogP contribution in [0, 0.1) is 5.92 Å². The van der Waals surface area contributed by atoms with Gasteiger partial charge in [0.2, 0.25) is 5.29 Å². The van der Waals surface area contributed by atoms with E-state index in [1.54, 1.807) is 6.92 Å². The Kier molecular flexibility index (Phi) is 3.13. The quantitative estimate of drug-likeness (QED) is 0.369. The summed E-state index contributed by atoms with van der Waals surface area (Å²) in [5.74, 6) is -2.33. The number of rotatable bonds is 2. The Bertz CT molecular complexity index is 298. The normalized spacial score (nSPS) is 21.2. The van der Waals surface area contributed by atoms with Crippen molar-refractivity contribution in [2.24, 2.45) is 15.9 Å². The van der Waals surface area contributed by atoms with E-state index in [2.05, 4.69) is 14.7 Å². The highest BCUT2D eigenvalue weighted by Crippen LogP contribution is 2.07. The summed E-state index contributed by atoms with van der Waals surface area (Å²) in [5, 5.41) is -0.162. The second-order valence-electron chi connectivity index (χ2n) is 2.23. The van der Waals surface area contributed by atoms with Gasteiger partial charge in [0, 0.05) is 6.21 Å². The molecule has 70 valence electrons. The third-order valence-corrected chi connectivity index (χ3v) is 1.52. The Morgan fingerprint density at radius 3 is 3.00 bits per heavy atom. The minimum Gasteiger partial charge on any atom is -0.465 e. The summed E-state index contributed by atoms with van der Waals surface area (Å²) in [7, 11) is 0. The van der Waals surface area contributed by atoms with Crippen LogP contribution in [0.2, 0.25) is 0 Å². The molecule has 0 saturated heterocycles. The van der Waals surface area contributed by atoms with E-state index in [0.29, 0.717) is 0 Å². The summed E-state index contributed by atoms with van der Waals surface area (Å²) in [5.41, 5.74) is 0. The second-order valence-corrected chi connectivity index (χ2v) is 2.57. The van der Waals surface area contributed by atoms with E-state index >= 15 is 0 Å². The molecule has 0 aromatic carbocycles. The number of esters is 1. The molecule has 5 nitrogen and oxygen atoms in total. The van der Waals surface area contributed by atoms with E-state index in [0.717, 1.165) is 6.21 Å². The minimum atomic E-state index is -1.04. The van der Waals surface area contributed by atoms with Crippen molar-refractivity contribution in [3.8, 4) is 0 Å². The van der Waals surface area contributed by atoms with Gasteiger partial charge in [-0.2, -0.15) is 4.99 Å². The van der Waals surface area contributed by atoms with E-state index in [-0.39, 0.29) is 11.9 Å². The molecule has 1 aliphatic rings. The predicted molar refractivity (Wildman–Crippen MR) is 46.9 cm³/mol. The Morgan fingerprint density at radius 1 is 1.77 bits per heavy atom. The monoisotopic (exact) mass is 202 g/mol. The summed E-state index contributed by atoms with van der Waals surface area (Å²) in [6.45, 7) is 1.87. The van der Waals surface area contributed by atoms with Gasteiger partial charge in [0.25, 0.3) is 5.91 Å². The van der Waals surface area contributed by atoms with Gasteiger partial charge in [0.05, 0.1) is 6.61 Å². The van der Waals surface area contributed by atoms with Crippen LogP contribution >= 0.6 is 11.6 Å². The number of aliphatic imine (C=N–C) groups is 2. The smallest absolute Gasteiger partial charge is 0.324 e. The number of hydrogen-bond acceptors (Lipinski definition) is 4. The van der Waals surface area contributed by atoms with Crippen LogP contribution in [0.4, 0.5) is 0 Å². The molecule has 6 heteroatoms. The van der Waals surface area contributed by atoms with Crippen LogP contribution in [-0.4, -0.2) is 30.0 Å². The zero-order chi connectivity index (χ0) is 9.84. The van der Waals surface area contributed by atoms with Gasteiger partial charge in [-0.3, -0.25) is 9.59 Å². The van der Waals surface area contributed by atoms with Crippen LogP contribution in [0.5, 0.6) is 0 Å². The molecule has 0 aromatic rings. The summed E-state index contributed by atoms with van der Waals surface area (Å²) >= 11 is 5.34. The van der Waals surface area contributed by atoms with Crippen LogP contribution in [0.15, 0.2) is 9.98 Å². The van der Waals surface area contributed by atoms with Gasteiger partial charge in [-0.25, -0.2) is 4.99 Å². The zero-order valence-electron chi connectivity index (χ0n) is 6.86. The van der Waals surface area contributed by atoms with E-state index in [9.17, 15) is 9.59 Å². The Labute approximate surface area is 79.5 Å². The molecule has 0 spiro atoms. The van der Waals surface area contributed by atoms with E-state index in [1.807, 2.05) is 0 Å². The molecule has 0 fully saturated rings. The maximum Gasteiger partial charge on any atom is 0.324 e. The Balaban J connectivity index is 2.70. The lowest BCUT2D eigenvalue weighted by Crippen LogP contribution is -2.29. The molecule has 0 N–H and O–H groups in total. The molecule has 0 bridgehead atoms. The standard InChI is InChI=1S/C7H7ClN2O3/c1-2-13-6(12)4-3-9-7(8)10-5(4)11/h3-4H,2H2,1H3. The first-order valence-corrected chi connectivity index (χ1v) is 4.01. The lowest BCUT2D eigenvalue weighted by atomic mass is 10.1. The van der Waals surface area contributed by atoms with Gasteiger partial charge >= 0.3 is 5.97 Å². The Hall–Kier alpha value is -1.23. The number of halogens is 1. The molecular weight excluding hydrogens is 196 g/mol. The van der Waals surface area contributed by atoms with Gasteiger partial charge in [-0.05, 0) is 18.5 Å². The van der Waals surface area contributed by atoms with E-state index < -0.39 is 17.8 Å². The number of hydrogen-bond donors (Lipinski definition) is 0. The zero-order valence-corrected chi connectivity index (χ0v) is 7.61. The first-order valence-electron chi connectivity index (χ1n) is 3.64. The molecule has 0 aliphatic carbocycles. The molecule has 1 atom stereocenters. The van der Waals surface area contributed by atoms with Gasteiger partial charge < -0.3 is 4.74 Å². The third kappa shape index (κ3) is 2.35. The largest absolute Gasteiger partial charge is 0.465 e. The third-order valence-electron chi connectivity index (χ3n) is 1.34. The minimum absolute atomic E-state index is 0.162. The first kappa shape index (κ1) is 9.85. The lowest BCUT2D eigenvalue weighted by Gasteiger charge is -2.09. The predicted octanol–water partition coefficient (Wildman–Crippen LogP) is 0.371. The van der Waals surface area contributed by atoms with Crippen LogP contribution < -0.4 is 0 Å². The molecular formula is C7H7ClN2O3. The molecule has 0 saturated carbocycles. The van der Waals surface area contributed by atoms with E-state index in [4.69, 9.17) is 11.6 Å². The fourth-order valence-corrected chi connectivity index (χ4v) is 0.922. The molecule has 1 heterocycles. The first-order chi connectivity index (χ1) is 6.15. The molecule has 0 aromatic heterocycles. The van der Waals surface area contributed by atoms with Crippen molar-refractivity contribution >= 4 is 35.0 Å². The average molecular weight is 203 g/mol. The average Bonchev–Trinajstić information content (AvgIpc) is 2.04. The van der Waals surface area contributed by atoms with Gasteiger partial charge in [0.15, 0.2) is 5.92 Å². The second kappa shape index (κ2) is 4.13. The number of amides is 1. The Morgan fingerprint density at radius 2 is 2.46 bits per heavy atom. The summed E-state index contributed by atoms with van der Waals surface area (Å²) in [6, 6.07) is 0. The number of ether oxygens (including phenoxy) is 1. The number of carbonyl (C=O) groups is 2. The van der Waals surface area contributed by atoms with Crippen molar-refractivity contribution < 1.29 is 14.3 Å². The molecule has 1 unspecified atom stereocenters. The topological polar surface area (TPSA) is 68.1 Å². The van der Waals surface area contributed by atoms with Crippen molar-refractivity contribution in [1.82, 2.24) is 0 Å².